The van der Waals surface area contributed by atoms with Crippen LogP contribution in [0.5, 0.6) is 0 Å². The molecule has 1 amide bonds. The second kappa shape index (κ2) is 6.02. The van der Waals surface area contributed by atoms with Crippen LogP contribution in [0, 0.1) is 5.92 Å². The van der Waals surface area contributed by atoms with Crippen molar-refractivity contribution in [3.8, 4) is 0 Å². The van der Waals surface area contributed by atoms with Gasteiger partial charge < -0.3 is 9.84 Å². The predicted octanol–water partition coefficient (Wildman–Crippen LogP) is 3.28. The topological polar surface area (TPSA) is 66.8 Å². The Morgan fingerprint density at radius 3 is 2.15 bits per heavy atom. The van der Waals surface area contributed by atoms with Crippen molar-refractivity contribution in [2.24, 2.45) is 5.92 Å². The predicted molar refractivity (Wildman–Crippen MR) is 76.6 cm³/mol. The first-order valence-electron chi connectivity index (χ1n) is 7.36. The van der Waals surface area contributed by atoms with Gasteiger partial charge in [0.05, 0.1) is 0 Å². The molecule has 0 bridgehead atoms. The third kappa shape index (κ3) is 3.64. The number of nitrogens with zero attached hydrogens (tertiary/aromatic N) is 1. The van der Waals surface area contributed by atoms with Gasteiger partial charge in [-0.15, -0.1) is 0 Å². The second-order valence-corrected chi connectivity index (χ2v) is 6.74. The van der Waals surface area contributed by atoms with Crippen LogP contribution in [0.1, 0.15) is 60.3 Å². The fourth-order valence-electron chi connectivity index (χ4n) is 2.76. The molecule has 0 heterocycles. The van der Waals surface area contributed by atoms with Crippen LogP contribution in [0.3, 0.4) is 0 Å². The molecule has 0 spiro atoms. The van der Waals surface area contributed by atoms with Crippen molar-refractivity contribution >= 4 is 12.1 Å². The lowest BCUT2D eigenvalue weighted by Gasteiger charge is -2.44. The van der Waals surface area contributed by atoms with Crippen molar-refractivity contribution in [2.75, 3.05) is 6.54 Å². The summed E-state index contributed by atoms with van der Waals surface area (Å²) in [5.74, 6) is -0.406. The minimum absolute atomic E-state index is 0.343. The number of carbonyl (C=O) groups excluding carboxylic acids is 1. The molecule has 0 aliphatic heterocycles. The number of carboxylic acid groups (broad SMARTS) is 1. The van der Waals surface area contributed by atoms with Gasteiger partial charge in [0, 0.05) is 6.54 Å². The Morgan fingerprint density at radius 1 is 1.30 bits per heavy atom. The molecule has 1 N–H and O–H groups in total. The van der Waals surface area contributed by atoms with Crippen molar-refractivity contribution < 1.29 is 19.4 Å². The van der Waals surface area contributed by atoms with Crippen LogP contribution >= 0.6 is 0 Å². The smallest absolute Gasteiger partial charge is 0.411 e. The summed E-state index contributed by atoms with van der Waals surface area (Å²) in [5, 5.41) is 9.67. The highest BCUT2D eigenvalue weighted by atomic mass is 16.6. The first-order valence-corrected chi connectivity index (χ1v) is 7.36. The molecule has 1 aliphatic carbocycles. The molecule has 0 unspecified atom stereocenters. The average Bonchev–Trinajstić information content (AvgIpc) is 2.30. The van der Waals surface area contributed by atoms with Gasteiger partial charge in [-0.2, -0.15) is 0 Å². The molecule has 0 aromatic rings. The fraction of sp³-hybridized carbons (Fsp3) is 0.867. The zero-order valence-electron chi connectivity index (χ0n) is 13.2. The lowest BCUT2D eigenvalue weighted by molar-refractivity contribution is -0.154. The Balaban J connectivity index is 2.99. The maximum absolute atomic E-state index is 12.3. The van der Waals surface area contributed by atoms with Crippen molar-refractivity contribution in [2.45, 2.75) is 71.4 Å². The third-order valence-electron chi connectivity index (χ3n) is 3.95. The van der Waals surface area contributed by atoms with Gasteiger partial charge in [0.2, 0.25) is 0 Å². The molecule has 0 aromatic carbocycles. The van der Waals surface area contributed by atoms with E-state index in [4.69, 9.17) is 4.74 Å². The van der Waals surface area contributed by atoms with Crippen LogP contribution in [0.2, 0.25) is 0 Å². The normalized spacial score (nSPS) is 26.9. The van der Waals surface area contributed by atoms with E-state index in [-0.39, 0.29) is 0 Å². The monoisotopic (exact) mass is 285 g/mol. The number of carbonyl (C=O) groups is 2. The SMILES string of the molecule is CCN(C(=O)OC(C)(C)C)C1(C(=O)O)CCC(C)CC1. The van der Waals surface area contributed by atoms with Gasteiger partial charge in [-0.3, -0.25) is 4.90 Å². The van der Waals surface area contributed by atoms with Crippen molar-refractivity contribution in [1.82, 2.24) is 4.90 Å². The molecule has 0 saturated heterocycles. The van der Waals surface area contributed by atoms with E-state index in [9.17, 15) is 14.7 Å². The van der Waals surface area contributed by atoms with E-state index < -0.39 is 23.2 Å². The van der Waals surface area contributed by atoms with Gasteiger partial charge in [0.1, 0.15) is 11.1 Å². The second-order valence-electron chi connectivity index (χ2n) is 6.74. The maximum atomic E-state index is 12.3. The summed E-state index contributed by atoms with van der Waals surface area (Å²) in [6.07, 6.45) is 2.11. The van der Waals surface area contributed by atoms with Gasteiger partial charge in [-0.05, 0) is 59.3 Å². The summed E-state index contributed by atoms with van der Waals surface area (Å²) in [4.78, 5) is 25.5. The molecule has 5 nitrogen and oxygen atoms in total. The maximum Gasteiger partial charge on any atom is 0.411 e. The summed E-state index contributed by atoms with van der Waals surface area (Å²) < 4.78 is 5.37. The molecule has 1 saturated carbocycles. The van der Waals surface area contributed by atoms with Crippen molar-refractivity contribution in [3.05, 3.63) is 0 Å². The van der Waals surface area contributed by atoms with Crippen LogP contribution in [0.15, 0.2) is 0 Å². The van der Waals surface area contributed by atoms with Gasteiger partial charge in [0.25, 0.3) is 0 Å². The molecular formula is C15H27NO4. The van der Waals surface area contributed by atoms with Gasteiger partial charge in [0.15, 0.2) is 0 Å². The van der Waals surface area contributed by atoms with Crippen LogP contribution in [0.4, 0.5) is 4.79 Å². The molecule has 1 rings (SSSR count). The Labute approximate surface area is 121 Å². The summed E-state index contributed by atoms with van der Waals surface area (Å²) in [5.41, 5.74) is -1.73. The highest BCUT2D eigenvalue weighted by molar-refractivity contribution is 5.84. The standard InChI is InChI=1S/C15H27NO4/c1-6-16(13(19)20-14(3,4)5)15(12(17)18)9-7-11(2)8-10-15/h11H,6-10H2,1-5H3,(H,17,18). The summed E-state index contributed by atoms with van der Waals surface area (Å²) >= 11 is 0. The van der Waals surface area contributed by atoms with E-state index in [1.165, 1.54) is 4.90 Å². The Morgan fingerprint density at radius 2 is 1.80 bits per heavy atom. The third-order valence-corrected chi connectivity index (χ3v) is 3.95. The minimum Gasteiger partial charge on any atom is -0.479 e. The van der Waals surface area contributed by atoms with Crippen LogP contribution in [-0.4, -0.2) is 39.8 Å². The lowest BCUT2D eigenvalue weighted by Crippen LogP contribution is -2.59. The summed E-state index contributed by atoms with van der Waals surface area (Å²) in [7, 11) is 0. The van der Waals surface area contributed by atoms with E-state index in [2.05, 4.69) is 6.92 Å². The van der Waals surface area contributed by atoms with Crippen LogP contribution in [-0.2, 0) is 9.53 Å². The summed E-state index contributed by atoms with van der Waals surface area (Å²) in [6.45, 7) is 9.62. The lowest BCUT2D eigenvalue weighted by atomic mass is 9.76. The number of amides is 1. The molecule has 0 aromatic heterocycles. The summed E-state index contributed by atoms with van der Waals surface area (Å²) in [6, 6.07) is 0. The molecule has 116 valence electrons. The molecule has 5 heteroatoms. The highest BCUT2D eigenvalue weighted by Gasteiger charge is 2.48. The number of carboxylic acids is 1. The molecule has 1 aliphatic rings. The number of likely N-dealkylation sites (N-methyl/N-ethyl adjacent to an activating group) is 1. The van der Waals surface area contributed by atoms with Crippen LogP contribution < -0.4 is 0 Å². The molecule has 20 heavy (non-hydrogen) atoms. The minimum atomic E-state index is -1.11. The van der Waals surface area contributed by atoms with Gasteiger partial charge in [-0.1, -0.05) is 6.92 Å². The van der Waals surface area contributed by atoms with Gasteiger partial charge >= 0.3 is 12.1 Å². The molecular weight excluding hydrogens is 258 g/mol. The Hall–Kier alpha value is -1.26. The first-order chi connectivity index (χ1) is 9.12. The quantitative estimate of drug-likeness (QED) is 0.864. The number of aliphatic carboxylic acids is 1. The Kier molecular flexibility index (Phi) is 5.05. The van der Waals surface area contributed by atoms with Crippen molar-refractivity contribution in [1.29, 1.82) is 0 Å². The van der Waals surface area contributed by atoms with E-state index in [1.54, 1.807) is 27.7 Å². The largest absolute Gasteiger partial charge is 0.479 e. The van der Waals surface area contributed by atoms with Crippen LogP contribution in [0.25, 0.3) is 0 Å². The van der Waals surface area contributed by atoms with E-state index in [1.807, 2.05) is 0 Å². The Bertz CT molecular complexity index is 365. The molecule has 0 radical (unpaired) electrons. The van der Waals surface area contributed by atoms with Gasteiger partial charge in [-0.25, -0.2) is 9.59 Å². The fourth-order valence-corrected chi connectivity index (χ4v) is 2.76. The van der Waals surface area contributed by atoms with E-state index in [0.29, 0.717) is 25.3 Å². The molecule has 0 atom stereocenters. The highest BCUT2D eigenvalue weighted by Crippen LogP contribution is 2.37. The average molecular weight is 285 g/mol. The van der Waals surface area contributed by atoms with E-state index in [0.717, 1.165) is 12.8 Å². The zero-order chi connectivity index (χ0) is 15.6. The number of rotatable bonds is 3. The number of hydrogen-bond donors (Lipinski definition) is 1. The first kappa shape index (κ1) is 16.8. The van der Waals surface area contributed by atoms with E-state index >= 15 is 0 Å². The van der Waals surface area contributed by atoms with Crippen molar-refractivity contribution in [3.63, 3.8) is 0 Å². The molecule has 1 fully saturated rings. The number of ether oxygens (including phenoxy) is 1. The number of hydrogen-bond acceptors (Lipinski definition) is 3. The zero-order valence-corrected chi connectivity index (χ0v) is 13.2.